The van der Waals surface area contributed by atoms with Crippen LogP contribution in [0.5, 0.6) is 0 Å². The van der Waals surface area contributed by atoms with Crippen LogP contribution in [0.15, 0.2) is 42.5 Å². The summed E-state index contributed by atoms with van der Waals surface area (Å²) in [6.45, 7) is 2.07. The molecular weight excluding hydrogens is 432 g/mol. The van der Waals surface area contributed by atoms with Gasteiger partial charge in [-0.05, 0) is 48.7 Å². The lowest BCUT2D eigenvalue weighted by Gasteiger charge is -2.41. The summed E-state index contributed by atoms with van der Waals surface area (Å²) in [7, 11) is 0. The molecule has 4 rings (SSSR count). The first-order valence-electron chi connectivity index (χ1n) is 10.4. The maximum atomic E-state index is 13.2. The lowest BCUT2D eigenvalue weighted by atomic mass is 9.98. The predicted molar refractivity (Wildman–Crippen MR) is 119 cm³/mol. The number of imide groups is 1. The molecule has 8 nitrogen and oxygen atoms in total. The molecule has 2 unspecified atom stereocenters. The summed E-state index contributed by atoms with van der Waals surface area (Å²) >= 11 is 5.87. The zero-order valence-electron chi connectivity index (χ0n) is 17.5. The minimum Gasteiger partial charge on any atom is -0.365 e. The molecule has 0 saturated carbocycles. The van der Waals surface area contributed by atoms with Crippen molar-refractivity contribution < 1.29 is 19.2 Å². The van der Waals surface area contributed by atoms with E-state index in [9.17, 15) is 19.2 Å². The summed E-state index contributed by atoms with van der Waals surface area (Å²) in [5.74, 6) is -1.21. The quantitative estimate of drug-likeness (QED) is 0.600. The SMILES string of the molecule is CC1Nc2ccc(CNC(=O)Cc3ccc(Cl)cc3)cc2C(=O)N1C1CCC(=O)NC1=O. The number of amides is 4. The fraction of sp³-hybridized carbons (Fsp3) is 0.304. The van der Waals surface area contributed by atoms with Crippen LogP contribution in [-0.4, -0.2) is 40.7 Å². The second kappa shape index (κ2) is 9.00. The normalized spacial score (nSPS) is 20.3. The molecule has 166 valence electrons. The van der Waals surface area contributed by atoms with Gasteiger partial charge in [0.15, 0.2) is 0 Å². The standard InChI is InChI=1S/C23H23ClN4O4/c1-13-26-18-7-4-15(12-25-21(30)11-14-2-5-16(24)6-3-14)10-17(18)23(32)28(13)19-8-9-20(29)27-22(19)31/h2-7,10,13,19,26H,8-9,11-12H2,1H3,(H,25,30)(H,27,29,31). The Morgan fingerprint density at radius 2 is 1.84 bits per heavy atom. The van der Waals surface area contributed by atoms with Crippen molar-refractivity contribution in [2.75, 3.05) is 5.32 Å². The number of benzene rings is 2. The van der Waals surface area contributed by atoms with Crippen LogP contribution in [0.2, 0.25) is 5.02 Å². The third-order valence-electron chi connectivity index (χ3n) is 5.64. The maximum absolute atomic E-state index is 13.2. The number of nitrogens with zero attached hydrogens (tertiary/aromatic N) is 1. The van der Waals surface area contributed by atoms with E-state index in [2.05, 4.69) is 16.0 Å². The predicted octanol–water partition coefficient (Wildman–Crippen LogP) is 2.22. The van der Waals surface area contributed by atoms with E-state index in [1.165, 1.54) is 4.90 Å². The third-order valence-corrected chi connectivity index (χ3v) is 5.90. The Morgan fingerprint density at radius 1 is 1.12 bits per heavy atom. The van der Waals surface area contributed by atoms with Crippen molar-refractivity contribution in [2.45, 2.75) is 44.9 Å². The highest BCUT2D eigenvalue weighted by Gasteiger charge is 2.40. The molecular formula is C23H23ClN4O4. The van der Waals surface area contributed by atoms with E-state index in [1.807, 2.05) is 6.07 Å². The summed E-state index contributed by atoms with van der Waals surface area (Å²) in [5.41, 5.74) is 2.71. The molecule has 0 spiro atoms. The lowest BCUT2D eigenvalue weighted by molar-refractivity contribution is -0.137. The fourth-order valence-corrected chi connectivity index (χ4v) is 4.15. The molecule has 0 aromatic heterocycles. The highest BCUT2D eigenvalue weighted by atomic mass is 35.5. The second-order valence-corrected chi connectivity index (χ2v) is 8.40. The Bertz CT molecular complexity index is 1090. The molecule has 2 atom stereocenters. The number of hydrogen-bond donors (Lipinski definition) is 3. The van der Waals surface area contributed by atoms with Gasteiger partial charge in [0.25, 0.3) is 5.91 Å². The van der Waals surface area contributed by atoms with E-state index in [4.69, 9.17) is 11.6 Å². The highest BCUT2D eigenvalue weighted by molar-refractivity contribution is 6.30. The van der Waals surface area contributed by atoms with Crippen molar-refractivity contribution in [1.82, 2.24) is 15.5 Å². The molecule has 1 saturated heterocycles. The molecule has 2 aromatic rings. The van der Waals surface area contributed by atoms with E-state index in [0.29, 0.717) is 16.3 Å². The lowest BCUT2D eigenvalue weighted by Crippen LogP contribution is -2.60. The minimum atomic E-state index is -0.710. The fourth-order valence-electron chi connectivity index (χ4n) is 4.02. The Hall–Kier alpha value is -3.39. The number of nitrogens with one attached hydrogen (secondary N) is 3. The zero-order chi connectivity index (χ0) is 22.8. The van der Waals surface area contributed by atoms with E-state index in [0.717, 1.165) is 11.1 Å². The van der Waals surface area contributed by atoms with Gasteiger partial charge in [-0.1, -0.05) is 29.8 Å². The summed E-state index contributed by atoms with van der Waals surface area (Å²) in [6, 6.07) is 11.7. The molecule has 2 heterocycles. The van der Waals surface area contributed by atoms with E-state index < -0.39 is 18.1 Å². The van der Waals surface area contributed by atoms with E-state index >= 15 is 0 Å². The largest absolute Gasteiger partial charge is 0.365 e. The smallest absolute Gasteiger partial charge is 0.258 e. The van der Waals surface area contributed by atoms with Gasteiger partial charge < -0.3 is 15.5 Å². The van der Waals surface area contributed by atoms with Crippen molar-refractivity contribution in [3.8, 4) is 0 Å². The number of hydrogen-bond acceptors (Lipinski definition) is 5. The number of rotatable bonds is 5. The van der Waals surface area contributed by atoms with Gasteiger partial charge in [0.1, 0.15) is 6.04 Å². The van der Waals surface area contributed by atoms with Crippen LogP contribution in [0, 0.1) is 0 Å². The molecule has 4 amide bonds. The van der Waals surface area contributed by atoms with Crippen LogP contribution in [0.4, 0.5) is 5.69 Å². The molecule has 32 heavy (non-hydrogen) atoms. The van der Waals surface area contributed by atoms with Crippen molar-refractivity contribution in [3.63, 3.8) is 0 Å². The number of halogens is 1. The number of piperidine rings is 1. The van der Waals surface area contributed by atoms with Crippen LogP contribution in [0.3, 0.4) is 0 Å². The topological polar surface area (TPSA) is 108 Å². The molecule has 1 fully saturated rings. The maximum Gasteiger partial charge on any atom is 0.258 e. The van der Waals surface area contributed by atoms with Crippen molar-refractivity contribution in [2.24, 2.45) is 0 Å². The van der Waals surface area contributed by atoms with Gasteiger partial charge in [-0.2, -0.15) is 0 Å². The summed E-state index contributed by atoms with van der Waals surface area (Å²) in [6.07, 6.45) is 0.310. The van der Waals surface area contributed by atoms with Crippen LogP contribution in [0.25, 0.3) is 0 Å². The van der Waals surface area contributed by atoms with E-state index in [1.54, 1.807) is 43.3 Å². The minimum absolute atomic E-state index is 0.145. The summed E-state index contributed by atoms with van der Waals surface area (Å²) in [4.78, 5) is 50.8. The average Bonchev–Trinajstić information content (AvgIpc) is 2.75. The Kier molecular flexibility index (Phi) is 6.14. The van der Waals surface area contributed by atoms with Gasteiger partial charge in [0.05, 0.1) is 18.2 Å². The highest BCUT2D eigenvalue weighted by Crippen LogP contribution is 2.29. The molecule has 0 bridgehead atoms. The molecule has 2 aliphatic rings. The van der Waals surface area contributed by atoms with Gasteiger partial charge in [-0.3, -0.25) is 24.5 Å². The Morgan fingerprint density at radius 3 is 2.56 bits per heavy atom. The third kappa shape index (κ3) is 4.60. The number of anilines is 1. The van der Waals surface area contributed by atoms with Gasteiger partial charge >= 0.3 is 0 Å². The number of carbonyl (C=O) groups is 4. The average molecular weight is 455 g/mol. The van der Waals surface area contributed by atoms with Crippen LogP contribution >= 0.6 is 11.6 Å². The summed E-state index contributed by atoms with van der Waals surface area (Å²) in [5, 5.41) is 9.02. The van der Waals surface area contributed by atoms with Crippen LogP contribution in [0.1, 0.15) is 41.3 Å². The Balaban J connectivity index is 1.44. The first-order chi connectivity index (χ1) is 15.3. The number of carbonyl (C=O) groups excluding carboxylic acids is 4. The molecule has 3 N–H and O–H groups in total. The molecule has 2 aromatic carbocycles. The van der Waals surface area contributed by atoms with E-state index in [-0.39, 0.29) is 43.5 Å². The zero-order valence-corrected chi connectivity index (χ0v) is 18.2. The van der Waals surface area contributed by atoms with Crippen LogP contribution in [-0.2, 0) is 27.3 Å². The first-order valence-corrected chi connectivity index (χ1v) is 10.8. The summed E-state index contributed by atoms with van der Waals surface area (Å²) < 4.78 is 0. The molecule has 2 aliphatic heterocycles. The first kappa shape index (κ1) is 21.8. The van der Waals surface area contributed by atoms with Crippen molar-refractivity contribution in [1.29, 1.82) is 0 Å². The van der Waals surface area contributed by atoms with Gasteiger partial charge in [-0.15, -0.1) is 0 Å². The molecule has 9 heteroatoms. The van der Waals surface area contributed by atoms with Crippen molar-refractivity contribution in [3.05, 3.63) is 64.2 Å². The van der Waals surface area contributed by atoms with Crippen LogP contribution < -0.4 is 16.0 Å². The van der Waals surface area contributed by atoms with Crippen molar-refractivity contribution >= 4 is 40.9 Å². The molecule has 0 radical (unpaired) electrons. The second-order valence-electron chi connectivity index (χ2n) is 7.96. The molecule has 0 aliphatic carbocycles. The van der Waals surface area contributed by atoms with Gasteiger partial charge in [0, 0.05) is 23.7 Å². The van der Waals surface area contributed by atoms with Gasteiger partial charge in [0.2, 0.25) is 17.7 Å². The Labute approximate surface area is 190 Å². The number of fused-ring (bicyclic) bond motifs is 1. The van der Waals surface area contributed by atoms with Gasteiger partial charge in [-0.25, -0.2) is 0 Å². The monoisotopic (exact) mass is 454 g/mol.